The van der Waals surface area contributed by atoms with Gasteiger partial charge in [0.2, 0.25) is 0 Å². The van der Waals surface area contributed by atoms with Gasteiger partial charge in [-0.15, -0.1) is 0 Å². The summed E-state index contributed by atoms with van der Waals surface area (Å²) in [6.45, 7) is 0. The number of nitrogens with one attached hydrogen (secondary N) is 1. The molecule has 0 aliphatic heterocycles. The molecule has 0 aliphatic rings. The lowest BCUT2D eigenvalue weighted by Crippen LogP contribution is -1.98. The van der Waals surface area contributed by atoms with Crippen LogP contribution in [0.5, 0.6) is 0 Å². The zero-order valence-electron chi connectivity index (χ0n) is 16.5. The van der Waals surface area contributed by atoms with Gasteiger partial charge in [-0.25, -0.2) is 4.98 Å². The summed E-state index contributed by atoms with van der Waals surface area (Å²) in [6.07, 6.45) is 0. The maximum Gasteiger partial charge on any atom is 0.186 e. The first-order chi connectivity index (χ1) is 15.2. The van der Waals surface area contributed by atoms with Crippen molar-refractivity contribution in [1.82, 2.24) is 9.97 Å². The summed E-state index contributed by atoms with van der Waals surface area (Å²) in [7, 11) is 0. The maximum absolute atomic E-state index is 12.3. The third-order valence-corrected chi connectivity index (χ3v) is 6.31. The highest BCUT2D eigenvalue weighted by atomic mass is 16.1. The van der Waals surface area contributed by atoms with Crippen molar-refractivity contribution in [2.75, 3.05) is 0 Å². The molecule has 1 aromatic heterocycles. The van der Waals surface area contributed by atoms with Gasteiger partial charge in [-0.2, -0.15) is 0 Å². The number of hydrogen-bond acceptors (Lipinski definition) is 2. The van der Waals surface area contributed by atoms with Crippen molar-refractivity contribution in [2.45, 2.75) is 0 Å². The quantitative estimate of drug-likeness (QED) is 0.229. The van der Waals surface area contributed by atoms with Crippen LogP contribution in [0, 0.1) is 0 Å². The summed E-state index contributed by atoms with van der Waals surface area (Å²) in [6, 6.07) is 30.7. The van der Waals surface area contributed by atoms with E-state index >= 15 is 0 Å². The van der Waals surface area contributed by atoms with E-state index in [9.17, 15) is 4.79 Å². The monoisotopic (exact) mass is 396 g/mol. The largest absolute Gasteiger partial charge is 0.351 e. The number of hydrogen-bond donors (Lipinski definition) is 1. The smallest absolute Gasteiger partial charge is 0.186 e. The predicted octanol–water partition coefficient (Wildman–Crippen LogP) is 6.69. The summed E-state index contributed by atoms with van der Waals surface area (Å²) >= 11 is 0. The molecular weight excluding hydrogens is 380 g/mol. The second-order valence-electron chi connectivity index (χ2n) is 8.13. The van der Waals surface area contributed by atoms with E-state index in [1.165, 1.54) is 21.5 Å². The molecule has 7 aromatic rings. The van der Waals surface area contributed by atoms with Crippen LogP contribution in [0.4, 0.5) is 0 Å². The number of aromatic nitrogens is 2. The molecule has 6 aromatic carbocycles. The average molecular weight is 396 g/mol. The molecule has 0 unspecified atom stereocenters. The van der Waals surface area contributed by atoms with Crippen LogP contribution >= 0.6 is 0 Å². The van der Waals surface area contributed by atoms with E-state index in [1.807, 2.05) is 18.2 Å². The van der Waals surface area contributed by atoms with E-state index in [2.05, 4.69) is 71.7 Å². The summed E-state index contributed by atoms with van der Waals surface area (Å²) in [5.74, 6) is 0. The first kappa shape index (κ1) is 16.5. The zero-order chi connectivity index (χ0) is 20.5. The minimum absolute atomic E-state index is 0.0521. The topological polar surface area (TPSA) is 45.8 Å². The lowest BCUT2D eigenvalue weighted by atomic mass is 10.0. The van der Waals surface area contributed by atoms with Gasteiger partial charge >= 0.3 is 0 Å². The van der Waals surface area contributed by atoms with E-state index in [1.54, 1.807) is 6.07 Å². The van der Waals surface area contributed by atoms with Crippen molar-refractivity contribution in [2.24, 2.45) is 0 Å². The van der Waals surface area contributed by atoms with Gasteiger partial charge in [0.1, 0.15) is 0 Å². The third-order valence-electron chi connectivity index (χ3n) is 6.31. The second kappa shape index (κ2) is 5.89. The first-order valence-corrected chi connectivity index (χ1v) is 10.4. The molecule has 0 amide bonds. The number of nitrogens with zero attached hydrogens (tertiary/aromatic N) is 1. The Labute approximate surface area is 176 Å². The fraction of sp³-hybridized carbons (Fsp3) is 0. The highest BCUT2D eigenvalue weighted by Crippen LogP contribution is 2.32. The average Bonchev–Trinajstić information content (AvgIpc) is 2.81. The van der Waals surface area contributed by atoms with Gasteiger partial charge in [0, 0.05) is 16.2 Å². The van der Waals surface area contributed by atoms with Crippen LogP contribution < -0.4 is 5.43 Å². The second-order valence-corrected chi connectivity index (χ2v) is 8.13. The van der Waals surface area contributed by atoms with E-state index in [0.29, 0.717) is 0 Å². The Morgan fingerprint density at radius 1 is 0.581 bits per heavy atom. The van der Waals surface area contributed by atoms with Crippen molar-refractivity contribution >= 4 is 65.2 Å². The van der Waals surface area contributed by atoms with Gasteiger partial charge in [0.25, 0.3) is 0 Å². The van der Waals surface area contributed by atoms with Gasteiger partial charge in [-0.1, -0.05) is 48.5 Å². The lowest BCUT2D eigenvalue weighted by Gasteiger charge is -2.10. The molecule has 0 atom stereocenters. The van der Waals surface area contributed by atoms with Gasteiger partial charge in [0.15, 0.2) is 5.43 Å². The van der Waals surface area contributed by atoms with Crippen molar-refractivity contribution in [3.63, 3.8) is 0 Å². The number of aromatic amines is 1. The van der Waals surface area contributed by atoms with Crippen molar-refractivity contribution in [1.29, 1.82) is 0 Å². The first-order valence-electron chi connectivity index (χ1n) is 10.4. The van der Waals surface area contributed by atoms with Gasteiger partial charge in [-0.3, -0.25) is 4.79 Å². The molecule has 1 N–H and O–H groups in total. The van der Waals surface area contributed by atoms with Crippen LogP contribution in [0.25, 0.3) is 65.2 Å². The Morgan fingerprint density at radius 2 is 1.26 bits per heavy atom. The molecule has 0 aliphatic carbocycles. The highest BCUT2D eigenvalue weighted by Gasteiger charge is 2.10. The Kier molecular flexibility index (Phi) is 3.15. The molecule has 0 saturated carbocycles. The standard InChI is InChI=1S/C28H16N2O/c31-26-7-3-6-18-15-23-20(14-21(18)26)9-11-25-28(23)30-24-10-8-19-12-16-4-1-2-5-17(16)13-22(19)27(24)29-25/h1-15,29H. The Bertz CT molecular complexity index is 1910. The predicted molar refractivity (Wildman–Crippen MR) is 130 cm³/mol. The molecule has 0 spiro atoms. The number of H-pyrrole nitrogens is 1. The lowest BCUT2D eigenvalue weighted by molar-refractivity contribution is 1.42. The minimum atomic E-state index is 0.0521. The summed E-state index contributed by atoms with van der Waals surface area (Å²) in [4.78, 5) is 21.0. The molecule has 144 valence electrons. The summed E-state index contributed by atoms with van der Waals surface area (Å²) < 4.78 is 0. The number of rotatable bonds is 0. The van der Waals surface area contributed by atoms with E-state index in [0.717, 1.165) is 43.6 Å². The highest BCUT2D eigenvalue weighted by molar-refractivity contribution is 6.14. The zero-order valence-corrected chi connectivity index (χ0v) is 16.5. The summed E-state index contributed by atoms with van der Waals surface area (Å²) in [5.41, 5.74) is 3.93. The van der Waals surface area contributed by atoms with Crippen LogP contribution in [0.1, 0.15) is 0 Å². The van der Waals surface area contributed by atoms with Crippen LogP contribution in [0.15, 0.2) is 95.8 Å². The van der Waals surface area contributed by atoms with E-state index < -0.39 is 0 Å². The van der Waals surface area contributed by atoms with Crippen LogP contribution in [-0.4, -0.2) is 9.97 Å². The van der Waals surface area contributed by atoms with Crippen molar-refractivity contribution in [3.8, 4) is 0 Å². The molecule has 3 nitrogen and oxygen atoms in total. The fourth-order valence-electron chi connectivity index (χ4n) is 4.76. The maximum atomic E-state index is 12.3. The summed E-state index contributed by atoms with van der Waals surface area (Å²) in [5, 5.41) is 8.57. The number of benzene rings is 6. The fourth-order valence-corrected chi connectivity index (χ4v) is 4.76. The molecule has 0 saturated heterocycles. The van der Waals surface area contributed by atoms with Crippen LogP contribution in [0.3, 0.4) is 0 Å². The molecule has 1 heterocycles. The van der Waals surface area contributed by atoms with E-state index in [-0.39, 0.29) is 5.43 Å². The Morgan fingerprint density at radius 3 is 2.16 bits per heavy atom. The SMILES string of the molecule is O=c1cccc2cc3c(ccc4[nH]c5c(ccc6cc7ccccc7cc65)nc43)cc12. The molecule has 3 heteroatoms. The molecule has 0 fully saturated rings. The van der Waals surface area contributed by atoms with E-state index in [4.69, 9.17) is 4.98 Å². The number of fused-ring (bicyclic) bond motifs is 8. The molecule has 7 rings (SSSR count). The Hall–Kier alpha value is -4.24. The van der Waals surface area contributed by atoms with Gasteiger partial charge in [0.05, 0.1) is 22.1 Å². The third kappa shape index (κ3) is 2.34. The van der Waals surface area contributed by atoms with Crippen molar-refractivity contribution < 1.29 is 0 Å². The van der Waals surface area contributed by atoms with Crippen LogP contribution in [0.2, 0.25) is 0 Å². The van der Waals surface area contributed by atoms with Gasteiger partial charge < -0.3 is 4.98 Å². The molecular formula is C28H16N2O. The molecule has 31 heavy (non-hydrogen) atoms. The molecule has 0 bridgehead atoms. The van der Waals surface area contributed by atoms with Crippen LogP contribution in [-0.2, 0) is 0 Å². The minimum Gasteiger partial charge on any atom is -0.351 e. The van der Waals surface area contributed by atoms with Crippen molar-refractivity contribution in [3.05, 3.63) is 101 Å². The molecule has 0 radical (unpaired) electrons. The van der Waals surface area contributed by atoms with Gasteiger partial charge in [-0.05, 0) is 69.4 Å². The normalized spacial score (nSPS) is 12.0. The Balaban J connectivity index is 1.61.